The number of aromatic nitrogens is 3. The predicted molar refractivity (Wildman–Crippen MR) is 106 cm³/mol. The Labute approximate surface area is 160 Å². The van der Waals surface area contributed by atoms with Crippen molar-refractivity contribution in [2.75, 3.05) is 5.32 Å². The number of amides is 1. The summed E-state index contributed by atoms with van der Waals surface area (Å²) in [6, 6.07) is 15.2. The Hall–Kier alpha value is -3.06. The van der Waals surface area contributed by atoms with E-state index in [1.54, 1.807) is 11.8 Å². The number of fused-ring (bicyclic) bond motifs is 1. The second kappa shape index (κ2) is 7.28. The quantitative estimate of drug-likeness (QED) is 0.491. The Morgan fingerprint density at radius 1 is 1.15 bits per heavy atom. The third kappa shape index (κ3) is 3.59. The number of carbonyl (C=O) groups excluding carboxylic acids is 1. The summed E-state index contributed by atoms with van der Waals surface area (Å²) >= 11 is 1.59. The number of benzene rings is 2. The first-order chi connectivity index (χ1) is 13.1. The fourth-order valence-corrected chi connectivity index (χ4v) is 4.03. The van der Waals surface area contributed by atoms with E-state index in [1.807, 2.05) is 62.4 Å². The second-order valence-corrected chi connectivity index (χ2v) is 7.16. The molecular formula is C20H18N4O2S. The summed E-state index contributed by atoms with van der Waals surface area (Å²) < 4.78 is 5.21. The molecule has 0 unspecified atom stereocenters. The lowest BCUT2D eigenvalue weighted by Crippen LogP contribution is -2.14. The van der Waals surface area contributed by atoms with Gasteiger partial charge >= 0.3 is 0 Å². The highest BCUT2D eigenvalue weighted by Crippen LogP contribution is 2.29. The standard InChI is InChI=1S/C20H18N4O2S/c1-12-15(13(2)26-24-12)11-27-18-10-6-3-7-14(18)19(25)23-20-21-16-8-4-5-9-17(16)22-20/h3-10H,11H2,1-2H3,(H2,21,22,23,25). The van der Waals surface area contributed by atoms with Crippen molar-refractivity contribution < 1.29 is 9.32 Å². The average Bonchev–Trinajstić information content (AvgIpc) is 3.22. The van der Waals surface area contributed by atoms with E-state index >= 15 is 0 Å². The van der Waals surface area contributed by atoms with Crippen LogP contribution in [-0.2, 0) is 5.75 Å². The average molecular weight is 378 g/mol. The summed E-state index contributed by atoms with van der Waals surface area (Å²) in [5, 5.41) is 6.84. The van der Waals surface area contributed by atoms with Gasteiger partial charge in [0, 0.05) is 16.2 Å². The molecule has 0 spiro atoms. The number of anilines is 1. The predicted octanol–water partition coefficient (Wildman–Crippen LogP) is 4.71. The van der Waals surface area contributed by atoms with Crippen LogP contribution in [0.15, 0.2) is 57.9 Å². The van der Waals surface area contributed by atoms with E-state index < -0.39 is 0 Å². The van der Waals surface area contributed by atoms with Crippen LogP contribution in [0, 0.1) is 13.8 Å². The lowest BCUT2D eigenvalue weighted by Gasteiger charge is -2.08. The molecule has 0 aliphatic rings. The molecule has 2 heterocycles. The number of para-hydroxylation sites is 2. The van der Waals surface area contributed by atoms with E-state index in [0.29, 0.717) is 17.3 Å². The van der Waals surface area contributed by atoms with Crippen molar-refractivity contribution >= 4 is 34.7 Å². The summed E-state index contributed by atoms with van der Waals surface area (Å²) in [6.45, 7) is 3.82. The number of hydrogen-bond donors (Lipinski definition) is 2. The van der Waals surface area contributed by atoms with Crippen LogP contribution in [0.25, 0.3) is 11.0 Å². The highest BCUT2D eigenvalue weighted by Gasteiger charge is 2.15. The first-order valence-corrected chi connectivity index (χ1v) is 9.50. The van der Waals surface area contributed by atoms with Gasteiger partial charge in [0.2, 0.25) is 5.95 Å². The highest BCUT2D eigenvalue weighted by molar-refractivity contribution is 7.98. The first kappa shape index (κ1) is 17.4. The van der Waals surface area contributed by atoms with Gasteiger partial charge in [-0.2, -0.15) is 0 Å². The summed E-state index contributed by atoms with van der Waals surface area (Å²) in [5.41, 5.74) is 4.24. The van der Waals surface area contributed by atoms with E-state index in [-0.39, 0.29) is 5.91 Å². The number of imidazole rings is 1. The molecule has 2 N–H and O–H groups in total. The van der Waals surface area contributed by atoms with Crippen LogP contribution < -0.4 is 5.32 Å². The van der Waals surface area contributed by atoms with Crippen LogP contribution in [0.2, 0.25) is 0 Å². The van der Waals surface area contributed by atoms with Gasteiger partial charge in [0.25, 0.3) is 5.91 Å². The van der Waals surface area contributed by atoms with Crippen LogP contribution >= 0.6 is 11.8 Å². The van der Waals surface area contributed by atoms with Gasteiger partial charge in [-0.05, 0) is 38.1 Å². The molecule has 2 aromatic carbocycles. The van der Waals surface area contributed by atoms with Crippen LogP contribution in [0.3, 0.4) is 0 Å². The summed E-state index contributed by atoms with van der Waals surface area (Å²) in [4.78, 5) is 21.2. The number of rotatable bonds is 5. The monoisotopic (exact) mass is 378 g/mol. The SMILES string of the molecule is Cc1noc(C)c1CSc1ccccc1C(=O)Nc1nc2ccccc2[nH]1. The Balaban J connectivity index is 1.53. The normalized spacial score (nSPS) is 11.0. The van der Waals surface area contributed by atoms with Crippen molar-refractivity contribution in [3.63, 3.8) is 0 Å². The molecule has 1 amide bonds. The van der Waals surface area contributed by atoms with Crippen molar-refractivity contribution in [1.82, 2.24) is 15.1 Å². The molecule has 0 aliphatic carbocycles. The Bertz CT molecular complexity index is 1060. The molecule has 0 bridgehead atoms. The minimum Gasteiger partial charge on any atom is -0.361 e. The Morgan fingerprint density at radius 3 is 2.70 bits per heavy atom. The largest absolute Gasteiger partial charge is 0.361 e. The van der Waals surface area contributed by atoms with E-state index in [1.165, 1.54) is 0 Å². The number of aromatic amines is 1. The molecule has 0 fully saturated rings. The summed E-state index contributed by atoms with van der Waals surface area (Å²) in [6.07, 6.45) is 0. The van der Waals surface area contributed by atoms with Gasteiger partial charge in [0.05, 0.1) is 22.3 Å². The van der Waals surface area contributed by atoms with Crippen LogP contribution in [0.5, 0.6) is 0 Å². The lowest BCUT2D eigenvalue weighted by molar-refractivity contribution is 0.102. The van der Waals surface area contributed by atoms with E-state index in [4.69, 9.17) is 4.52 Å². The minimum atomic E-state index is -0.198. The Kier molecular flexibility index (Phi) is 4.68. The maximum Gasteiger partial charge on any atom is 0.259 e. The van der Waals surface area contributed by atoms with Crippen molar-refractivity contribution in [3.8, 4) is 0 Å². The van der Waals surface area contributed by atoms with Gasteiger partial charge < -0.3 is 9.51 Å². The number of nitrogens with one attached hydrogen (secondary N) is 2. The minimum absolute atomic E-state index is 0.198. The van der Waals surface area contributed by atoms with Crippen molar-refractivity contribution in [2.24, 2.45) is 0 Å². The van der Waals surface area contributed by atoms with E-state index in [0.717, 1.165) is 32.9 Å². The molecule has 0 saturated carbocycles. The summed E-state index contributed by atoms with van der Waals surface area (Å²) in [7, 11) is 0. The highest BCUT2D eigenvalue weighted by atomic mass is 32.2. The molecule has 4 rings (SSSR count). The third-order valence-electron chi connectivity index (χ3n) is 4.31. The number of aryl methyl sites for hydroxylation is 2. The van der Waals surface area contributed by atoms with Crippen LogP contribution in [-0.4, -0.2) is 21.0 Å². The molecule has 6 nitrogen and oxygen atoms in total. The fourth-order valence-electron chi connectivity index (χ4n) is 2.82. The first-order valence-electron chi connectivity index (χ1n) is 8.51. The molecule has 136 valence electrons. The maximum atomic E-state index is 12.8. The fraction of sp³-hybridized carbons (Fsp3) is 0.150. The zero-order chi connectivity index (χ0) is 18.8. The van der Waals surface area contributed by atoms with E-state index in [2.05, 4.69) is 20.4 Å². The molecule has 0 aliphatic heterocycles. The van der Waals surface area contributed by atoms with Gasteiger partial charge in [0.1, 0.15) is 5.76 Å². The maximum absolute atomic E-state index is 12.8. The smallest absolute Gasteiger partial charge is 0.259 e. The van der Waals surface area contributed by atoms with Gasteiger partial charge in [-0.25, -0.2) is 4.98 Å². The number of thioether (sulfide) groups is 1. The van der Waals surface area contributed by atoms with Crippen molar-refractivity contribution in [2.45, 2.75) is 24.5 Å². The van der Waals surface area contributed by atoms with Gasteiger partial charge in [0.15, 0.2) is 0 Å². The zero-order valence-electron chi connectivity index (χ0n) is 14.9. The van der Waals surface area contributed by atoms with Crippen LogP contribution in [0.4, 0.5) is 5.95 Å². The van der Waals surface area contributed by atoms with Crippen LogP contribution in [0.1, 0.15) is 27.4 Å². The molecule has 0 atom stereocenters. The van der Waals surface area contributed by atoms with Gasteiger partial charge in [-0.15, -0.1) is 11.8 Å². The lowest BCUT2D eigenvalue weighted by atomic mass is 10.2. The number of nitrogens with zero attached hydrogens (tertiary/aromatic N) is 2. The molecule has 2 aromatic heterocycles. The van der Waals surface area contributed by atoms with Gasteiger partial charge in [-0.3, -0.25) is 10.1 Å². The molecule has 0 radical (unpaired) electrons. The second-order valence-electron chi connectivity index (χ2n) is 6.14. The molecular weight excluding hydrogens is 360 g/mol. The molecule has 4 aromatic rings. The Morgan fingerprint density at radius 2 is 1.93 bits per heavy atom. The number of hydrogen-bond acceptors (Lipinski definition) is 5. The molecule has 0 saturated heterocycles. The number of H-pyrrole nitrogens is 1. The zero-order valence-corrected chi connectivity index (χ0v) is 15.8. The third-order valence-corrected chi connectivity index (χ3v) is 5.41. The van der Waals surface area contributed by atoms with Crippen molar-refractivity contribution in [1.29, 1.82) is 0 Å². The molecule has 7 heteroatoms. The van der Waals surface area contributed by atoms with Crippen molar-refractivity contribution in [3.05, 3.63) is 71.1 Å². The van der Waals surface area contributed by atoms with Gasteiger partial charge in [-0.1, -0.05) is 29.4 Å². The molecule has 27 heavy (non-hydrogen) atoms. The number of carbonyl (C=O) groups is 1. The summed E-state index contributed by atoms with van der Waals surface area (Å²) in [5.74, 6) is 1.74. The topological polar surface area (TPSA) is 83.8 Å². The van der Waals surface area contributed by atoms with E-state index in [9.17, 15) is 4.79 Å².